The van der Waals surface area contributed by atoms with Crippen molar-refractivity contribution < 1.29 is 0 Å². The Morgan fingerprint density at radius 1 is 0.314 bits per heavy atom. The van der Waals surface area contributed by atoms with Crippen molar-refractivity contribution in [2.75, 3.05) is 0 Å². The maximum atomic E-state index is 5.04. The number of nitrogens with zero attached hydrogens (tertiary/aromatic N) is 3. The van der Waals surface area contributed by atoms with Crippen molar-refractivity contribution in [2.45, 2.75) is 19.3 Å². The van der Waals surface area contributed by atoms with E-state index < -0.39 is 0 Å². The van der Waals surface area contributed by atoms with Crippen LogP contribution in [0.15, 0.2) is 164 Å². The summed E-state index contributed by atoms with van der Waals surface area (Å²) < 4.78 is 0. The van der Waals surface area contributed by atoms with E-state index in [4.69, 9.17) is 15.0 Å². The highest BCUT2D eigenvalue weighted by Crippen LogP contribution is 2.50. The Kier molecular flexibility index (Phi) is 6.53. The molecule has 0 amide bonds. The second-order valence-corrected chi connectivity index (χ2v) is 14.0. The second-order valence-electron chi connectivity index (χ2n) is 14.0. The van der Waals surface area contributed by atoms with E-state index in [0.717, 1.165) is 16.7 Å². The molecular formula is C48H33N3. The van der Waals surface area contributed by atoms with Gasteiger partial charge >= 0.3 is 0 Å². The molecule has 1 aromatic heterocycles. The normalized spacial score (nSPS) is 13.1. The van der Waals surface area contributed by atoms with Crippen LogP contribution in [0.25, 0.3) is 88.7 Å². The lowest BCUT2D eigenvalue weighted by Crippen LogP contribution is -2.14. The molecule has 0 bridgehead atoms. The second kappa shape index (κ2) is 11.3. The number of aromatic nitrogens is 3. The standard InChI is InChI=1S/C48H33N3/c1-48(2)43-20-12-11-19-39(43)40-26-22-33(29-44(40)48)32-21-24-37-35-17-9-10-18-36(35)42-28-34(23-25-38(42)41(37)27-32)47-50-45(30-13-5-3-6-14-30)49-46(51-47)31-15-7-4-8-16-31/h3-29H,1-2H3. The molecule has 3 heteroatoms. The van der Waals surface area contributed by atoms with Crippen LogP contribution in [0.2, 0.25) is 0 Å². The van der Waals surface area contributed by atoms with Gasteiger partial charge in [-0.25, -0.2) is 15.0 Å². The van der Waals surface area contributed by atoms with Gasteiger partial charge in [0.2, 0.25) is 0 Å². The number of hydrogen-bond donors (Lipinski definition) is 0. The van der Waals surface area contributed by atoms with Crippen molar-refractivity contribution in [3.05, 3.63) is 175 Å². The molecule has 3 nitrogen and oxygen atoms in total. The van der Waals surface area contributed by atoms with Gasteiger partial charge in [-0.3, -0.25) is 0 Å². The summed E-state index contributed by atoms with van der Waals surface area (Å²) in [6.45, 7) is 4.69. The molecule has 51 heavy (non-hydrogen) atoms. The van der Waals surface area contributed by atoms with Crippen LogP contribution in [0, 0.1) is 0 Å². The first-order valence-electron chi connectivity index (χ1n) is 17.5. The molecule has 0 radical (unpaired) electrons. The first-order chi connectivity index (χ1) is 25.0. The molecule has 9 aromatic rings. The molecule has 1 aliphatic rings. The van der Waals surface area contributed by atoms with E-state index >= 15 is 0 Å². The van der Waals surface area contributed by atoms with Crippen molar-refractivity contribution in [1.29, 1.82) is 0 Å². The van der Waals surface area contributed by atoms with Crippen molar-refractivity contribution in [3.63, 3.8) is 0 Å². The smallest absolute Gasteiger partial charge is 0.164 e. The SMILES string of the molecule is CC1(C)c2ccccc2-c2ccc(-c3ccc4c5ccccc5c5cc(-c6nc(-c7ccccc7)nc(-c7ccccc7)n6)ccc5c4c3)cc21. The molecule has 0 fully saturated rings. The van der Waals surface area contributed by atoms with Gasteiger partial charge in [0.15, 0.2) is 17.5 Å². The topological polar surface area (TPSA) is 38.7 Å². The van der Waals surface area contributed by atoms with Crippen LogP contribution >= 0.6 is 0 Å². The third-order valence-corrected chi connectivity index (χ3v) is 10.7. The van der Waals surface area contributed by atoms with Crippen LogP contribution in [-0.4, -0.2) is 15.0 Å². The third-order valence-electron chi connectivity index (χ3n) is 10.7. The Bertz CT molecular complexity index is 2760. The first kappa shape index (κ1) is 29.5. The van der Waals surface area contributed by atoms with Crippen LogP contribution in [0.1, 0.15) is 25.0 Å². The summed E-state index contributed by atoms with van der Waals surface area (Å²) in [5, 5.41) is 7.33. The fourth-order valence-corrected chi connectivity index (χ4v) is 8.10. The largest absolute Gasteiger partial charge is 0.208 e. The zero-order valence-corrected chi connectivity index (χ0v) is 28.4. The minimum Gasteiger partial charge on any atom is -0.208 e. The number of rotatable bonds is 4. The summed E-state index contributed by atoms with van der Waals surface area (Å²) in [5.74, 6) is 1.98. The Morgan fingerprint density at radius 2 is 0.745 bits per heavy atom. The quantitative estimate of drug-likeness (QED) is 0.178. The fraction of sp³-hybridized carbons (Fsp3) is 0.0625. The van der Waals surface area contributed by atoms with Crippen molar-refractivity contribution in [1.82, 2.24) is 15.0 Å². The van der Waals surface area contributed by atoms with E-state index in [9.17, 15) is 0 Å². The van der Waals surface area contributed by atoms with E-state index in [1.807, 2.05) is 60.7 Å². The van der Waals surface area contributed by atoms with Gasteiger partial charge in [0, 0.05) is 22.1 Å². The van der Waals surface area contributed by atoms with E-state index in [1.165, 1.54) is 65.7 Å². The Morgan fingerprint density at radius 3 is 1.41 bits per heavy atom. The lowest BCUT2D eigenvalue weighted by atomic mass is 9.81. The number of benzene rings is 8. The average Bonchev–Trinajstić information content (AvgIpc) is 3.43. The van der Waals surface area contributed by atoms with E-state index in [1.54, 1.807) is 0 Å². The van der Waals surface area contributed by atoms with Crippen LogP contribution in [0.5, 0.6) is 0 Å². The molecule has 1 aliphatic carbocycles. The molecule has 240 valence electrons. The molecular weight excluding hydrogens is 619 g/mol. The zero-order chi connectivity index (χ0) is 34.1. The van der Waals surface area contributed by atoms with Crippen molar-refractivity contribution >= 4 is 32.3 Å². The lowest BCUT2D eigenvalue weighted by Gasteiger charge is -2.22. The minimum atomic E-state index is -0.0478. The first-order valence-corrected chi connectivity index (χ1v) is 17.5. The van der Waals surface area contributed by atoms with Crippen molar-refractivity contribution in [3.8, 4) is 56.4 Å². The average molecular weight is 652 g/mol. The van der Waals surface area contributed by atoms with Gasteiger partial charge in [-0.15, -0.1) is 0 Å². The highest BCUT2D eigenvalue weighted by Gasteiger charge is 2.35. The summed E-state index contributed by atoms with van der Waals surface area (Å²) in [5.41, 5.74) is 10.8. The van der Waals surface area contributed by atoms with Gasteiger partial charge in [-0.2, -0.15) is 0 Å². The van der Waals surface area contributed by atoms with Crippen LogP contribution in [-0.2, 0) is 5.41 Å². The predicted octanol–water partition coefficient (Wildman–Crippen LogP) is 12.3. The van der Waals surface area contributed by atoms with Gasteiger partial charge in [-0.1, -0.05) is 159 Å². The highest BCUT2D eigenvalue weighted by molar-refractivity contribution is 6.26. The fourth-order valence-electron chi connectivity index (χ4n) is 8.10. The van der Waals surface area contributed by atoms with E-state index in [2.05, 4.69) is 117 Å². The number of hydrogen-bond acceptors (Lipinski definition) is 3. The van der Waals surface area contributed by atoms with E-state index in [0.29, 0.717) is 17.5 Å². The Labute approximate surface area is 297 Å². The number of fused-ring (bicyclic) bond motifs is 9. The molecule has 8 aromatic carbocycles. The Balaban J connectivity index is 1.16. The van der Waals surface area contributed by atoms with Gasteiger partial charge in [0.1, 0.15) is 0 Å². The summed E-state index contributed by atoms with van der Waals surface area (Å²) >= 11 is 0. The van der Waals surface area contributed by atoms with E-state index in [-0.39, 0.29) is 5.41 Å². The Hall–Kier alpha value is -6.45. The van der Waals surface area contributed by atoms with Crippen LogP contribution in [0.3, 0.4) is 0 Å². The molecule has 0 spiro atoms. The van der Waals surface area contributed by atoms with Gasteiger partial charge in [-0.05, 0) is 83.9 Å². The molecule has 0 unspecified atom stereocenters. The monoisotopic (exact) mass is 651 g/mol. The summed E-state index contributed by atoms with van der Waals surface area (Å²) in [4.78, 5) is 15.0. The summed E-state index contributed by atoms with van der Waals surface area (Å²) in [6, 6.07) is 58.5. The molecule has 0 atom stereocenters. The molecule has 0 saturated heterocycles. The molecule has 1 heterocycles. The maximum absolute atomic E-state index is 5.04. The van der Waals surface area contributed by atoms with Gasteiger partial charge in [0.25, 0.3) is 0 Å². The van der Waals surface area contributed by atoms with Crippen molar-refractivity contribution in [2.24, 2.45) is 0 Å². The summed E-state index contributed by atoms with van der Waals surface area (Å²) in [7, 11) is 0. The maximum Gasteiger partial charge on any atom is 0.164 e. The highest BCUT2D eigenvalue weighted by atomic mass is 15.0. The molecule has 10 rings (SSSR count). The lowest BCUT2D eigenvalue weighted by molar-refractivity contribution is 0.660. The van der Waals surface area contributed by atoms with Gasteiger partial charge in [0.05, 0.1) is 0 Å². The third kappa shape index (κ3) is 4.69. The minimum absolute atomic E-state index is 0.0478. The molecule has 0 aliphatic heterocycles. The van der Waals surface area contributed by atoms with Gasteiger partial charge < -0.3 is 0 Å². The zero-order valence-electron chi connectivity index (χ0n) is 28.4. The van der Waals surface area contributed by atoms with Crippen LogP contribution in [0.4, 0.5) is 0 Å². The van der Waals surface area contributed by atoms with Crippen LogP contribution < -0.4 is 0 Å². The summed E-state index contributed by atoms with van der Waals surface area (Å²) in [6.07, 6.45) is 0. The molecule has 0 N–H and O–H groups in total. The predicted molar refractivity (Wildman–Crippen MR) is 212 cm³/mol. The molecule has 0 saturated carbocycles.